The number of aryl methyl sites for hydroxylation is 1. The number of aromatic amines is 1. The Kier molecular flexibility index (Phi) is 5.36. The third-order valence-corrected chi connectivity index (χ3v) is 3.24. The number of hydrogen-bond acceptors (Lipinski definition) is 3. The quantitative estimate of drug-likeness (QED) is 0.824. The predicted molar refractivity (Wildman–Crippen MR) is 84.2 cm³/mol. The van der Waals surface area contributed by atoms with Crippen molar-refractivity contribution >= 4 is 5.97 Å². The first-order chi connectivity index (χ1) is 10.6. The average molecular weight is 301 g/mol. The number of hydrogen-bond donors (Lipinski definition) is 2. The van der Waals surface area contributed by atoms with Gasteiger partial charge >= 0.3 is 5.97 Å². The Bertz CT molecular complexity index is 706. The number of nitrogens with one attached hydrogen (secondary N) is 1. The van der Waals surface area contributed by atoms with Crippen LogP contribution in [0.4, 0.5) is 0 Å². The van der Waals surface area contributed by atoms with E-state index in [9.17, 15) is 9.59 Å². The first-order valence-electron chi connectivity index (χ1n) is 7.28. The van der Waals surface area contributed by atoms with Crippen LogP contribution in [0, 0.1) is 0 Å². The number of aliphatic carboxylic acids is 1. The highest BCUT2D eigenvalue weighted by atomic mass is 16.5. The molecule has 2 rings (SSSR count). The van der Waals surface area contributed by atoms with Crippen molar-refractivity contribution in [3.8, 4) is 17.0 Å². The van der Waals surface area contributed by atoms with Crippen molar-refractivity contribution in [2.24, 2.45) is 0 Å². The summed E-state index contributed by atoms with van der Waals surface area (Å²) in [5.41, 5.74) is 1.69. The summed E-state index contributed by atoms with van der Waals surface area (Å²) < 4.78 is 5.69. The maximum atomic E-state index is 12.1. The molecule has 0 aliphatic rings. The molecule has 5 nitrogen and oxygen atoms in total. The molecule has 22 heavy (non-hydrogen) atoms. The van der Waals surface area contributed by atoms with E-state index < -0.39 is 5.97 Å². The molecule has 0 aliphatic carbocycles. The Morgan fingerprint density at radius 3 is 2.68 bits per heavy atom. The van der Waals surface area contributed by atoms with Crippen LogP contribution in [0.1, 0.15) is 25.3 Å². The fraction of sp³-hybridized carbons (Fsp3) is 0.294. The number of carbonyl (C=O) groups is 1. The summed E-state index contributed by atoms with van der Waals surface area (Å²) in [6.45, 7) is 2.64. The monoisotopic (exact) mass is 301 g/mol. The van der Waals surface area contributed by atoms with Crippen LogP contribution in [0.5, 0.6) is 5.75 Å². The number of carboxylic acid groups (broad SMARTS) is 1. The molecule has 0 amide bonds. The molecule has 0 radical (unpaired) electrons. The second kappa shape index (κ2) is 7.45. The van der Waals surface area contributed by atoms with Gasteiger partial charge < -0.3 is 14.8 Å². The molecule has 1 aromatic carbocycles. The number of ether oxygens (including phenoxy) is 1. The van der Waals surface area contributed by atoms with E-state index in [-0.39, 0.29) is 18.4 Å². The van der Waals surface area contributed by atoms with Crippen molar-refractivity contribution in [1.82, 2.24) is 4.98 Å². The van der Waals surface area contributed by atoms with Gasteiger partial charge in [0.15, 0.2) is 0 Å². The van der Waals surface area contributed by atoms with Gasteiger partial charge in [0.05, 0.1) is 12.3 Å². The van der Waals surface area contributed by atoms with E-state index in [1.807, 2.05) is 31.2 Å². The van der Waals surface area contributed by atoms with Gasteiger partial charge in [0.25, 0.3) is 5.56 Å². The predicted octanol–water partition coefficient (Wildman–Crippen LogP) is 2.85. The molecule has 2 aromatic rings. The van der Waals surface area contributed by atoms with Crippen LogP contribution in [0.2, 0.25) is 0 Å². The standard InChI is InChI=1S/C17H19NO4/c1-2-11-22-15-6-4-3-5-13(15)14-9-7-12(17(21)18-14)8-10-16(19)20/h3-7,9H,2,8,10-11H2,1H3,(H,18,21)(H,19,20). The highest BCUT2D eigenvalue weighted by Crippen LogP contribution is 2.27. The van der Waals surface area contributed by atoms with Gasteiger partial charge in [-0.15, -0.1) is 0 Å². The Morgan fingerprint density at radius 2 is 2.00 bits per heavy atom. The molecule has 1 heterocycles. The van der Waals surface area contributed by atoms with Crippen molar-refractivity contribution < 1.29 is 14.6 Å². The average Bonchev–Trinajstić information content (AvgIpc) is 2.52. The molecule has 0 aliphatic heterocycles. The van der Waals surface area contributed by atoms with E-state index in [1.54, 1.807) is 12.1 Å². The van der Waals surface area contributed by atoms with Gasteiger partial charge in [0, 0.05) is 17.5 Å². The highest BCUT2D eigenvalue weighted by Gasteiger charge is 2.09. The van der Waals surface area contributed by atoms with Crippen LogP contribution >= 0.6 is 0 Å². The van der Waals surface area contributed by atoms with E-state index >= 15 is 0 Å². The minimum absolute atomic E-state index is 0.0569. The molecule has 0 bridgehead atoms. The second-order valence-electron chi connectivity index (χ2n) is 4.96. The molecule has 0 atom stereocenters. The number of benzene rings is 1. The lowest BCUT2D eigenvalue weighted by Gasteiger charge is -2.11. The third kappa shape index (κ3) is 3.97. The summed E-state index contributed by atoms with van der Waals surface area (Å²) in [6.07, 6.45) is 1.07. The molecule has 0 saturated carbocycles. The minimum Gasteiger partial charge on any atom is -0.493 e. The van der Waals surface area contributed by atoms with Gasteiger partial charge in [-0.05, 0) is 31.0 Å². The van der Waals surface area contributed by atoms with Crippen LogP contribution in [-0.2, 0) is 11.2 Å². The molecule has 5 heteroatoms. The largest absolute Gasteiger partial charge is 0.493 e. The number of rotatable bonds is 7. The fourth-order valence-corrected chi connectivity index (χ4v) is 2.13. The zero-order chi connectivity index (χ0) is 15.9. The lowest BCUT2D eigenvalue weighted by atomic mass is 10.1. The van der Waals surface area contributed by atoms with Gasteiger partial charge in [-0.2, -0.15) is 0 Å². The van der Waals surface area contributed by atoms with Crippen molar-refractivity contribution in [3.63, 3.8) is 0 Å². The van der Waals surface area contributed by atoms with Crippen LogP contribution < -0.4 is 10.3 Å². The van der Waals surface area contributed by atoms with Crippen LogP contribution in [0.15, 0.2) is 41.2 Å². The molecule has 0 saturated heterocycles. The van der Waals surface area contributed by atoms with E-state index in [0.29, 0.717) is 17.9 Å². The van der Waals surface area contributed by atoms with E-state index in [0.717, 1.165) is 17.7 Å². The van der Waals surface area contributed by atoms with Crippen molar-refractivity contribution in [1.29, 1.82) is 0 Å². The first-order valence-corrected chi connectivity index (χ1v) is 7.28. The van der Waals surface area contributed by atoms with Crippen molar-refractivity contribution in [3.05, 3.63) is 52.3 Å². The van der Waals surface area contributed by atoms with Crippen LogP contribution in [-0.4, -0.2) is 22.7 Å². The number of carboxylic acids is 1. The van der Waals surface area contributed by atoms with E-state index in [4.69, 9.17) is 9.84 Å². The molecule has 0 fully saturated rings. The molecule has 0 unspecified atom stereocenters. The number of pyridine rings is 1. The Hall–Kier alpha value is -2.56. The van der Waals surface area contributed by atoms with Gasteiger partial charge in [-0.25, -0.2) is 0 Å². The first kappa shape index (κ1) is 15.8. The van der Waals surface area contributed by atoms with E-state index in [2.05, 4.69) is 4.98 Å². The number of aromatic nitrogens is 1. The lowest BCUT2D eigenvalue weighted by Crippen LogP contribution is -2.14. The summed E-state index contributed by atoms with van der Waals surface area (Å²) in [4.78, 5) is 25.5. The molecule has 2 N–H and O–H groups in total. The second-order valence-corrected chi connectivity index (χ2v) is 4.96. The summed E-state index contributed by atoms with van der Waals surface area (Å²) in [5.74, 6) is -0.194. The fourth-order valence-electron chi connectivity index (χ4n) is 2.13. The van der Waals surface area contributed by atoms with Crippen molar-refractivity contribution in [2.75, 3.05) is 6.61 Å². The normalized spacial score (nSPS) is 10.4. The van der Waals surface area contributed by atoms with Gasteiger partial charge in [-0.3, -0.25) is 9.59 Å². The Morgan fingerprint density at radius 1 is 1.23 bits per heavy atom. The minimum atomic E-state index is -0.915. The van der Waals surface area contributed by atoms with Crippen LogP contribution in [0.3, 0.4) is 0 Å². The number of H-pyrrole nitrogens is 1. The van der Waals surface area contributed by atoms with Gasteiger partial charge in [-0.1, -0.05) is 25.1 Å². The number of para-hydroxylation sites is 1. The maximum absolute atomic E-state index is 12.1. The summed E-state index contributed by atoms with van der Waals surface area (Å²) in [5, 5.41) is 8.69. The SMILES string of the molecule is CCCOc1ccccc1-c1ccc(CCC(=O)O)c(=O)[nH]1. The maximum Gasteiger partial charge on any atom is 0.303 e. The molecular formula is C17H19NO4. The molecule has 116 valence electrons. The zero-order valence-electron chi connectivity index (χ0n) is 12.5. The zero-order valence-corrected chi connectivity index (χ0v) is 12.5. The molecular weight excluding hydrogens is 282 g/mol. The van der Waals surface area contributed by atoms with E-state index in [1.165, 1.54) is 0 Å². The topological polar surface area (TPSA) is 79.4 Å². The Labute approximate surface area is 128 Å². The molecule has 1 aromatic heterocycles. The smallest absolute Gasteiger partial charge is 0.303 e. The Balaban J connectivity index is 2.28. The lowest BCUT2D eigenvalue weighted by molar-refractivity contribution is -0.136. The summed E-state index contributed by atoms with van der Waals surface area (Å²) >= 11 is 0. The van der Waals surface area contributed by atoms with Gasteiger partial charge in [0.2, 0.25) is 0 Å². The summed E-state index contributed by atoms with van der Waals surface area (Å²) in [7, 11) is 0. The summed E-state index contributed by atoms with van der Waals surface area (Å²) in [6, 6.07) is 11.0. The van der Waals surface area contributed by atoms with Gasteiger partial charge in [0.1, 0.15) is 5.75 Å². The van der Waals surface area contributed by atoms with Crippen LogP contribution in [0.25, 0.3) is 11.3 Å². The molecule has 0 spiro atoms. The highest BCUT2D eigenvalue weighted by molar-refractivity contribution is 5.68. The van der Waals surface area contributed by atoms with Crippen molar-refractivity contribution in [2.45, 2.75) is 26.2 Å². The third-order valence-electron chi connectivity index (χ3n) is 3.24.